The molecule has 0 aliphatic carbocycles. The minimum Gasteiger partial charge on any atom is -0.236 e. The van der Waals surface area contributed by atoms with Gasteiger partial charge in [-0.15, -0.1) is 0 Å². The van der Waals surface area contributed by atoms with Crippen LogP contribution in [0, 0.1) is 6.92 Å². The van der Waals surface area contributed by atoms with Gasteiger partial charge in [-0.25, -0.2) is 41.4 Å². The van der Waals surface area contributed by atoms with E-state index in [1.54, 1.807) is 6.07 Å². The highest BCUT2D eigenvalue weighted by Crippen LogP contribution is 2.26. The predicted molar refractivity (Wildman–Crippen MR) is 111 cm³/mol. The van der Waals surface area contributed by atoms with Gasteiger partial charge in [-0.3, -0.25) is 0 Å². The van der Waals surface area contributed by atoms with Gasteiger partial charge < -0.3 is 0 Å². The van der Waals surface area contributed by atoms with E-state index in [2.05, 4.69) is 24.8 Å². The van der Waals surface area contributed by atoms with E-state index >= 15 is 0 Å². The maximum atomic E-state index is 13.1. The lowest BCUT2D eigenvalue weighted by atomic mass is 10.0. The third kappa shape index (κ3) is 4.72. The molecule has 0 aliphatic rings. The highest BCUT2D eigenvalue weighted by molar-refractivity contribution is 7.88. The van der Waals surface area contributed by atoms with Crippen LogP contribution in [0.1, 0.15) is 23.2 Å². The molecule has 31 heavy (non-hydrogen) atoms. The molecule has 1 aromatic carbocycles. The van der Waals surface area contributed by atoms with Gasteiger partial charge in [-0.2, -0.15) is 5.10 Å². The first-order valence-corrected chi connectivity index (χ1v) is 11.1. The fourth-order valence-corrected chi connectivity index (χ4v) is 3.59. The van der Waals surface area contributed by atoms with Crippen LogP contribution in [0.15, 0.2) is 48.9 Å². The van der Waals surface area contributed by atoms with Crippen molar-refractivity contribution in [3.63, 3.8) is 0 Å². The summed E-state index contributed by atoms with van der Waals surface area (Å²) in [6.07, 6.45) is 1.29. The number of halogens is 2. The van der Waals surface area contributed by atoms with Gasteiger partial charge in [0.15, 0.2) is 5.65 Å². The number of sulfonamides is 1. The molecule has 0 fully saturated rings. The third-order valence-electron chi connectivity index (χ3n) is 4.51. The summed E-state index contributed by atoms with van der Waals surface area (Å²) in [6.45, 7) is 2.05. The molecule has 3 heterocycles. The Balaban J connectivity index is 1.74. The minimum atomic E-state index is -3.33. The Hall–Kier alpha value is -3.31. The van der Waals surface area contributed by atoms with Crippen LogP contribution in [0.25, 0.3) is 28.3 Å². The van der Waals surface area contributed by atoms with E-state index in [0.717, 1.165) is 22.9 Å². The van der Waals surface area contributed by atoms with Gasteiger partial charge in [0.1, 0.15) is 17.7 Å². The Bertz CT molecular complexity index is 1370. The zero-order chi connectivity index (χ0) is 22.2. The largest absolute Gasteiger partial charge is 0.282 e. The number of hydrogen-bond acceptors (Lipinski definition) is 6. The number of alkyl halides is 2. The maximum Gasteiger partial charge on any atom is 0.282 e. The Kier molecular flexibility index (Phi) is 5.46. The number of imidazole rings is 1. The van der Waals surface area contributed by atoms with E-state index in [9.17, 15) is 17.2 Å². The molecule has 0 spiro atoms. The summed E-state index contributed by atoms with van der Waals surface area (Å²) < 4.78 is 52.7. The van der Waals surface area contributed by atoms with Crippen LogP contribution in [0.4, 0.5) is 8.78 Å². The molecule has 0 radical (unpaired) electrons. The molecular formula is C20H18F2N6O2S. The average Bonchev–Trinajstić information content (AvgIpc) is 3.15. The molecule has 0 saturated carbocycles. The molecule has 0 unspecified atom stereocenters. The molecule has 0 saturated heterocycles. The topological polar surface area (TPSA) is 102 Å². The lowest BCUT2D eigenvalue weighted by Gasteiger charge is -2.09. The highest BCUT2D eigenvalue weighted by atomic mass is 32.2. The second-order valence-corrected chi connectivity index (χ2v) is 8.89. The van der Waals surface area contributed by atoms with E-state index in [1.807, 2.05) is 25.1 Å². The van der Waals surface area contributed by atoms with Crippen LogP contribution in [-0.4, -0.2) is 39.2 Å². The van der Waals surface area contributed by atoms with Crippen molar-refractivity contribution in [2.45, 2.75) is 19.9 Å². The Morgan fingerprint density at radius 3 is 2.58 bits per heavy atom. The smallest absolute Gasteiger partial charge is 0.236 e. The molecule has 0 amide bonds. The first-order chi connectivity index (χ1) is 14.7. The standard InChI is InChI=1S/C20H18F2N6O2S/c1-12-5-13(9-26-31(2,29)30)7-14(6-12)16-8-17(25-11-24-16)18-10-23-19-4-3-15(20(21)22)27-28(18)19/h3-8,10-11,20,26H,9H2,1-2H3. The lowest BCUT2D eigenvalue weighted by molar-refractivity contribution is 0.144. The number of hydrogen-bond donors (Lipinski definition) is 1. The number of aryl methyl sites for hydroxylation is 1. The predicted octanol–water partition coefficient (Wildman–Crippen LogP) is 3.15. The van der Waals surface area contributed by atoms with Crippen molar-refractivity contribution in [1.29, 1.82) is 0 Å². The van der Waals surface area contributed by atoms with E-state index in [1.165, 1.54) is 29.2 Å². The van der Waals surface area contributed by atoms with Gasteiger partial charge in [0, 0.05) is 12.1 Å². The number of nitrogens with one attached hydrogen (secondary N) is 1. The molecule has 8 nitrogen and oxygen atoms in total. The van der Waals surface area contributed by atoms with E-state index in [4.69, 9.17) is 0 Å². The van der Waals surface area contributed by atoms with Crippen LogP contribution in [-0.2, 0) is 16.6 Å². The van der Waals surface area contributed by atoms with Crippen LogP contribution in [0.5, 0.6) is 0 Å². The average molecular weight is 444 g/mol. The van der Waals surface area contributed by atoms with E-state index < -0.39 is 16.4 Å². The van der Waals surface area contributed by atoms with Gasteiger partial charge >= 0.3 is 0 Å². The SMILES string of the molecule is Cc1cc(CNS(C)(=O)=O)cc(-c2cc(-c3cnc4ccc(C(F)F)nn34)ncn2)c1. The van der Waals surface area contributed by atoms with Crippen LogP contribution < -0.4 is 4.72 Å². The second-order valence-electron chi connectivity index (χ2n) is 7.06. The van der Waals surface area contributed by atoms with Gasteiger partial charge in [-0.05, 0) is 42.8 Å². The second kappa shape index (κ2) is 8.08. The molecule has 160 valence electrons. The first kappa shape index (κ1) is 20.9. The number of rotatable bonds is 6. The summed E-state index contributed by atoms with van der Waals surface area (Å²) in [4.78, 5) is 12.8. The van der Waals surface area contributed by atoms with Crippen molar-refractivity contribution in [2.24, 2.45) is 0 Å². The van der Waals surface area contributed by atoms with Gasteiger partial charge in [0.05, 0.1) is 23.8 Å². The fraction of sp³-hybridized carbons (Fsp3) is 0.200. The maximum absolute atomic E-state index is 13.1. The van der Waals surface area contributed by atoms with Crippen molar-refractivity contribution in [3.05, 3.63) is 65.7 Å². The van der Waals surface area contributed by atoms with E-state index in [-0.39, 0.29) is 12.2 Å². The molecule has 11 heteroatoms. The van der Waals surface area contributed by atoms with Gasteiger partial charge in [0.25, 0.3) is 6.43 Å². The van der Waals surface area contributed by atoms with Gasteiger partial charge in [0.2, 0.25) is 10.0 Å². The summed E-state index contributed by atoms with van der Waals surface area (Å²) in [7, 11) is -3.33. The van der Waals surface area contributed by atoms with Crippen molar-refractivity contribution >= 4 is 15.7 Å². The summed E-state index contributed by atoms with van der Waals surface area (Å²) in [5.41, 5.74) is 4.05. The Labute approximate surface area is 177 Å². The number of fused-ring (bicyclic) bond motifs is 1. The van der Waals surface area contributed by atoms with Crippen LogP contribution in [0.2, 0.25) is 0 Å². The summed E-state index contributed by atoms with van der Waals surface area (Å²) in [5.74, 6) is 0. The highest BCUT2D eigenvalue weighted by Gasteiger charge is 2.15. The molecule has 4 rings (SSSR count). The molecule has 1 N–H and O–H groups in total. The Morgan fingerprint density at radius 1 is 1.06 bits per heavy atom. The minimum absolute atomic E-state index is 0.152. The normalized spacial score (nSPS) is 12.0. The van der Waals surface area contributed by atoms with Crippen molar-refractivity contribution in [3.8, 4) is 22.6 Å². The number of benzene rings is 1. The number of nitrogens with zero attached hydrogens (tertiary/aromatic N) is 5. The van der Waals surface area contributed by atoms with Crippen LogP contribution >= 0.6 is 0 Å². The molecular weight excluding hydrogens is 426 g/mol. The Morgan fingerprint density at radius 2 is 1.84 bits per heavy atom. The van der Waals surface area contributed by atoms with Gasteiger partial charge in [-0.1, -0.05) is 11.6 Å². The van der Waals surface area contributed by atoms with E-state index in [0.29, 0.717) is 22.7 Å². The molecule has 0 bridgehead atoms. The summed E-state index contributed by atoms with van der Waals surface area (Å²) >= 11 is 0. The molecule has 3 aromatic heterocycles. The quantitative estimate of drug-likeness (QED) is 0.490. The van der Waals surface area contributed by atoms with Crippen molar-refractivity contribution in [1.82, 2.24) is 29.3 Å². The first-order valence-electron chi connectivity index (χ1n) is 9.20. The summed E-state index contributed by atoms with van der Waals surface area (Å²) in [5, 5.41) is 3.97. The fourth-order valence-electron chi connectivity index (χ4n) is 3.16. The third-order valence-corrected chi connectivity index (χ3v) is 5.18. The molecule has 0 atom stereocenters. The summed E-state index contributed by atoms with van der Waals surface area (Å²) in [6, 6.07) is 10.0. The molecule has 4 aromatic rings. The van der Waals surface area contributed by atoms with Crippen LogP contribution in [0.3, 0.4) is 0 Å². The van der Waals surface area contributed by atoms with Crippen molar-refractivity contribution in [2.75, 3.05) is 6.26 Å². The zero-order valence-corrected chi connectivity index (χ0v) is 17.4. The zero-order valence-electron chi connectivity index (χ0n) is 16.6. The monoisotopic (exact) mass is 444 g/mol. The lowest BCUT2D eigenvalue weighted by Crippen LogP contribution is -2.21. The molecule has 0 aliphatic heterocycles. The van der Waals surface area contributed by atoms with Crippen molar-refractivity contribution < 1.29 is 17.2 Å². The number of aromatic nitrogens is 5.